The molecule has 5 rings (SSSR count). The Balaban J connectivity index is 1.51. The Hall–Kier alpha value is -2.97. The lowest BCUT2D eigenvalue weighted by atomic mass is 10.1. The highest BCUT2D eigenvalue weighted by atomic mass is 35.5. The Kier molecular flexibility index (Phi) is 5.57. The van der Waals surface area contributed by atoms with E-state index in [1.165, 1.54) is 6.07 Å². The van der Waals surface area contributed by atoms with E-state index in [-0.39, 0.29) is 6.10 Å². The van der Waals surface area contributed by atoms with Gasteiger partial charge in [-0.1, -0.05) is 11.6 Å². The quantitative estimate of drug-likeness (QED) is 0.593. The van der Waals surface area contributed by atoms with Crippen LogP contribution < -0.4 is 10.6 Å². The molecule has 3 aromatic rings. The smallest absolute Gasteiger partial charge is 0.236 e. The maximum atomic E-state index is 14.8. The average Bonchev–Trinajstić information content (AvgIpc) is 3.53. The Morgan fingerprint density at radius 2 is 2.16 bits per heavy atom. The van der Waals surface area contributed by atoms with E-state index in [1.807, 2.05) is 25.4 Å². The lowest BCUT2D eigenvalue weighted by Crippen LogP contribution is -2.44. The molecule has 0 radical (unpaired) electrons. The minimum absolute atomic E-state index is 0.216. The van der Waals surface area contributed by atoms with Crippen molar-refractivity contribution in [3.05, 3.63) is 58.8 Å². The first kappa shape index (κ1) is 20.9. The summed E-state index contributed by atoms with van der Waals surface area (Å²) in [6.07, 6.45) is 7.28. The molecule has 2 aromatic heterocycles. The summed E-state index contributed by atoms with van der Waals surface area (Å²) in [5.74, 6) is 0.820. The van der Waals surface area contributed by atoms with Gasteiger partial charge in [0.2, 0.25) is 5.78 Å². The molecule has 2 fully saturated rings. The standard InChI is InChI=1S/C23H24ClFN6O/c1-14-12-31-20(18-5-2-16(24)8-19(18)25)9-22(29-23(31)28-14)30-6-7-32-21(13-30)15(10-26)11-27-17-3-4-17/h2,5,8-12,17,21H,3-4,6-7,13,26H2,1H3. The van der Waals surface area contributed by atoms with Gasteiger partial charge in [0.25, 0.3) is 0 Å². The molecule has 1 aliphatic heterocycles. The first-order chi connectivity index (χ1) is 15.5. The number of hydrogen-bond acceptors (Lipinski definition) is 6. The monoisotopic (exact) mass is 454 g/mol. The van der Waals surface area contributed by atoms with E-state index in [9.17, 15) is 4.39 Å². The number of aryl methyl sites for hydroxylation is 1. The van der Waals surface area contributed by atoms with Crippen LogP contribution in [-0.2, 0) is 4.74 Å². The van der Waals surface area contributed by atoms with Crippen LogP contribution in [0.1, 0.15) is 18.5 Å². The van der Waals surface area contributed by atoms with E-state index < -0.39 is 5.82 Å². The maximum Gasteiger partial charge on any atom is 0.236 e. The molecule has 1 saturated carbocycles. The van der Waals surface area contributed by atoms with E-state index in [1.54, 1.807) is 22.7 Å². The van der Waals surface area contributed by atoms with Gasteiger partial charge in [-0.05, 0) is 38.0 Å². The van der Waals surface area contributed by atoms with Crippen molar-refractivity contribution in [2.45, 2.75) is 31.9 Å². The third-order valence-electron chi connectivity index (χ3n) is 5.69. The predicted octanol–water partition coefficient (Wildman–Crippen LogP) is 3.78. The Morgan fingerprint density at radius 3 is 2.91 bits per heavy atom. The number of benzene rings is 1. The van der Waals surface area contributed by atoms with Crippen LogP contribution in [0.5, 0.6) is 0 Å². The Morgan fingerprint density at radius 1 is 1.31 bits per heavy atom. The summed E-state index contributed by atoms with van der Waals surface area (Å²) >= 11 is 5.97. The number of fused-ring (bicyclic) bond motifs is 1. The lowest BCUT2D eigenvalue weighted by Gasteiger charge is -2.34. The molecule has 7 nitrogen and oxygen atoms in total. The van der Waals surface area contributed by atoms with E-state index in [2.05, 4.69) is 14.9 Å². The van der Waals surface area contributed by atoms with Crippen molar-refractivity contribution in [1.82, 2.24) is 14.4 Å². The Labute approximate surface area is 190 Å². The van der Waals surface area contributed by atoms with Crippen molar-refractivity contribution in [2.24, 2.45) is 10.7 Å². The summed E-state index contributed by atoms with van der Waals surface area (Å²) in [7, 11) is 0. The summed E-state index contributed by atoms with van der Waals surface area (Å²) in [5.41, 5.74) is 8.61. The SMILES string of the molecule is Cc1cn2c(-c3ccc(Cl)cc3F)cc(N3CCOC(C(C=NC4CC4)=CN)C3)nc2n1. The van der Waals surface area contributed by atoms with Crippen molar-refractivity contribution in [2.75, 3.05) is 24.6 Å². The molecule has 0 bridgehead atoms. The first-order valence-electron chi connectivity index (χ1n) is 10.7. The molecule has 0 amide bonds. The summed E-state index contributed by atoms with van der Waals surface area (Å²) in [5, 5.41) is 0.351. The molecule has 3 heterocycles. The van der Waals surface area contributed by atoms with Gasteiger partial charge in [-0.25, -0.2) is 9.37 Å². The predicted molar refractivity (Wildman–Crippen MR) is 124 cm³/mol. The van der Waals surface area contributed by atoms with Crippen molar-refractivity contribution in [3.8, 4) is 11.3 Å². The zero-order valence-electron chi connectivity index (χ0n) is 17.7. The highest BCUT2D eigenvalue weighted by Crippen LogP contribution is 2.30. The molecule has 0 spiro atoms. The van der Waals surface area contributed by atoms with Gasteiger partial charge < -0.3 is 15.4 Å². The number of aromatic nitrogens is 3. The summed E-state index contributed by atoms with van der Waals surface area (Å²) in [4.78, 5) is 15.9. The number of hydrogen-bond donors (Lipinski definition) is 1. The van der Waals surface area contributed by atoms with E-state index in [0.717, 1.165) is 24.1 Å². The fourth-order valence-electron chi connectivity index (χ4n) is 3.84. The van der Waals surface area contributed by atoms with Crippen molar-refractivity contribution in [3.63, 3.8) is 0 Å². The highest BCUT2D eigenvalue weighted by Gasteiger charge is 2.26. The third-order valence-corrected chi connectivity index (χ3v) is 5.93. The van der Waals surface area contributed by atoms with Gasteiger partial charge in [-0.15, -0.1) is 0 Å². The molecule has 2 N–H and O–H groups in total. The number of halogens is 2. The largest absolute Gasteiger partial charge is 0.404 e. The molecule has 1 aromatic carbocycles. The van der Waals surface area contributed by atoms with E-state index >= 15 is 0 Å². The minimum Gasteiger partial charge on any atom is -0.404 e. The van der Waals surface area contributed by atoms with Gasteiger partial charge in [0.05, 0.1) is 24.0 Å². The normalized spacial score (nSPS) is 19.9. The van der Waals surface area contributed by atoms with Gasteiger partial charge in [0.1, 0.15) is 17.7 Å². The van der Waals surface area contributed by atoms with E-state index in [0.29, 0.717) is 53.6 Å². The van der Waals surface area contributed by atoms with Crippen molar-refractivity contribution < 1.29 is 9.13 Å². The lowest BCUT2D eigenvalue weighted by molar-refractivity contribution is 0.0677. The van der Waals surface area contributed by atoms with Gasteiger partial charge in [-0.2, -0.15) is 4.98 Å². The minimum atomic E-state index is -0.396. The topological polar surface area (TPSA) is 81.0 Å². The van der Waals surface area contributed by atoms with Crippen LogP contribution in [0, 0.1) is 12.7 Å². The zero-order valence-corrected chi connectivity index (χ0v) is 18.5. The third kappa shape index (κ3) is 4.20. The van der Waals surface area contributed by atoms with Crippen LogP contribution in [0.4, 0.5) is 10.2 Å². The maximum absolute atomic E-state index is 14.8. The molecule has 2 aliphatic rings. The summed E-state index contributed by atoms with van der Waals surface area (Å²) < 4.78 is 22.6. The van der Waals surface area contributed by atoms with Gasteiger partial charge in [0.15, 0.2) is 0 Å². The molecule has 32 heavy (non-hydrogen) atoms. The molecule has 1 unspecified atom stereocenters. The molecular weight excluding hydrogens is 431 g/mol. The first-order valence-corrected chi connectivity index (χ1v) is 11.0. The fourth-order valence-corrected chi connectivity index (χ4v) is 4.00. The highest BCUT2D eigenvalue weighted by molar-refractivity contribution is 6.30. The summed E-state index contributed by atoms with van der Waals surface area (Å²) in [6, 6.07) is 6.96. The van der Waals surface area contributed by atoms with Crippen LogP contribution in [0.3, 0.4) is 0 Å². The number of nitrogens with zero attached hydrogens (tertiary/aromatic N) is 5. The van der Waals surface area contributed by atoms with Crippen molar-refractivity contribution in [1.29, 1.82) is 0 Å². The second-order valence-corrected chi connectivity index (χ2v) is 8.59. The second kappa shape index (κ2) is 8.52. The van der Waals surface area contributed by atoms with Crippen LogP contribution in [0.25, 0.3) is 17.0 Å². The van der Waals surface area contributed by atoms with Crippen LogP contribution in [0.2, 0.25) is 5.02 Å². The molecule has 9 heteroatoms. The van der Waals surface area contributed by atoms with Gasteiger partial charge in [-0.3, -0.25) is 9.39 Å². The number of morpholine rings is 1. The number of aliphatic imine (C=N–C) groups is 1. The van der Waals surface area contributed by atoms with E-state index in [4.69, 9.17) is 27.1 Å². The number of nitrogens with two attached hydrogens (primary N) is 1. The van der Waals surface area contributed by atoms with Crippen LogP contribution in [-0.4, -0.2) is 52.4 Å². The molecular formula is C23H24ClFN6O. The number of ether oxygens (including phenoxy) is 1. The zero-order chi connectivity index (χ0) is 22.2. The number of rotatable bonds is 5. The summed E-state index contributed by atoms with van der Waals surface area (Å²) in [6.45, 7) is 3.62. The van der Waals surface area contributed by atoms with Crippen LogP contribution in [0.15, 0.2) is 47.2 Å². The molecule has 1 atom stereocenters. The molecule has 166 valence electrons. The van der Waals surface area contributed by atoms with Crippen LogP contribution >= 0.6 is 11.6 Å². The molecule has 1 saturated heterocycles. The van der Waals surface area contributed by atoms with Crippen molar-refractivity contribution >= 4 is 29.4 Å². The van der Waals surface area contributed by atoms with Gasteiger partial charge >= 0.3 is 0 Å². The Bertz CT molecular complexity index is 1220. The average molecular weight is 455 g/mol. The number of imidazole rings is 1. The molecule has 1 aliphatic carbocycles. The number of anilines is 1. The van der Waals surface area contributed by atoms with Gasteiger partial charge in [0, 0.05) is 53.9 Å². The fraction of sp³-hybridized carbons (Fsp3) is 0.348. The second-order valence-electron chi connectivity index (χ2n) is 8.16.